The molecule has 16 heavy (non-hydrogen) atoms. The number of hydrogen-bond acceptors (Lipinski definition) is 2. The van der Waals surface area contributed by atoms with E-state index in [0.717, 1.165) is 32.1 Å². The molecule has 3 atom stereocenters. The number of hydrogen-bond donors (Lipinski definition) is 1. The molecule has 0 spiro atoms. The minimum Gasteiger partial charge on any atom is -0.323 e. The normalized spacial score (nSPS) is 27.5. The molecule has 0 bridgehead atoms. The standard InChI is InChI=1S/C13H26N2O/c1-5-9-10(6-2)15-12(8-4)14-11(7-3)13(15)16/h10-12,14H,5-9H2,1-4H3. The third kappa shape index (κ3) is 2.57. The van der Waals surface area contributed by atoms with Crippen LogP contribution in [-0.4, -0.2) is 29.1 Å². The summed E-state index contributed by atoms with van der Waals surface area (Å²) < 4.78 is 0. The lowest BCUT2D eigenvalue weighted by atomic mass is 10.1. The summed E-state index contributed by atoms with van der Waals surface area (Å²) in [6, 6.07) is 0.474. The molecule has 3 heteroatoms. The Kier molecular flexibility index (Phi) is 5.26. The second-order valence-corrected chi connectivity index (χ2v) is 4.65. The maximum absolute atomic E-state index is 12.2. The van der Waals surface area contributed by atoms with E-state index in [2.05, 4.69) is 37.9 Å². The molecule has 1 aliphatic rings. The van der Waals surface area contributed by atoms with Crippen LogP contribution in [0.1, 0.15) is 59.8 Å². The number of rotatable bonds is 6. The molecular formula is C13H26N2O. The highest BCUT2D eigenvalue weighted by atomic mass is 16.2. The average molecular weight is 226 g/mol. The van der Waals surface area contributed by atoms with Crippen LogP contribution >= 0.6 is 0 Å². The van der Waals surface area contributed by atoms with Gasteiger partial charge in [0.15, 0.2) is 0 Å². The molecule has 1 amide bonds. The van der Waals surface area contributed by atoms with Crippen LogP contribution in [0.5, 0.6) is 0 Å². The molecule has 3 unspecified atom stereocenters. The summed E-state index contributed by atoms with van der Waals surface area (Å²) in [6.07, 6.45) is 5.49. The Morgan fingerprint density at radius 1 is 1.25 bits per heavy atom. The molecular weight excluding hydrogens is 200 g/mol. The zero-order chi connectivity index (χ0) is 12.1. The van der Waals surface area contributed by atoms with E-state index in [9.17, 15) is 4.79 Å². The molecule has 0 aromatic carbocycles. The zero-order valence-electron chi connectivity index (χ0n) is 11.1. The molecule has 0 aromatic heterocycles. The van der Waals surface area contributed by atoms with Crippen molar-refractivity contribution in [3.63, 3.8) is 0 Å². The van der Waals surface area contributed by atoms with E-state index in [1.165, 1.54) is 0 Å². The fourth-order valence-electron chi connectivity index (χ4n) is 2.63. The lowest BCUT2D eigenvalue weighted by Gasteiger charge is -2.31. The maximum Gasteiger partial charge on any atom is 0.241 e. The van der Waals surface area contributed by atoms with E-state index < -0.39 is 0 Å². The lowest BCUT2D eigenvalue weighted by molar-refractivity contribution is -0.132. The highest BCUT2D eigenvalue weighted by Crippen LogP contribution is 2.22. The molecule has 1 aliphatic heterocycles. The predicted octanol–water partition coefficient (Wildman–Crippen LogP) is 2.51. The van der Waals surface area contributed by atoms with Gasteiger partial charge in [0, 0.05) is 6.04 Å². The van der Waals surface area contributed by atoms with Crippen LogP contribution in [0.25, 0.3) is 0 Å². The Hall–Kier alpha value is -0.570. The molecule has 1 N–H and O–H groups in total. The first kappa shape index (κ1) is 13.5. The molecule has 0 aliphatic carbocycles. The Bertz CT molecular complexity index is 230. The fourth-order valence-corrected chi connectivity index (χ4v) is 2.63. The highest BCUT2D eigenvalue weighted by molar-refractivity contribution is 5.84. The Labute approximate surface area is 99.6 Å². The van der Waals surface area contributed by atoms with Crippen molar-refractivity contribution in [3.05, 3.63) is 0 Å². The topological polar surface area (TPSA) is 32.3 Å². The quantitative estimate of drug-likeness (QED) is 0.754. The number of carbonyl (C=O) groups excluding carboxylic acids is 1. The first-order valence-corrected chi connectivity index (χ1v) is 6.77. The van der Waals surface area contributed by atoms with Gasteiger partial charge in [0.05, 0.1) is 12.2 Å². The van der Waals surface area contributed by atoms with Gasteiger partial charge in [-0.05, 0) is 25.7 Å². The predicted molar refractivity (Wildman–Crippen MR) is 67.1 cm³/mol. The number of nitrogens with one attached hydrogen (secondary N) is 1. The largest absolute Gasteiger partial charge is 0.323 e. The number of nitrogens with zero attached hydrogens (tertiary/aromatic N) is 1. The van der Waals surface area contributed by atoms with Crippen molar-refractivity contribution in [2.75, 3.05) is 0 Å². The van der Waals surface area contributed by atoms with Crippen LogP contribution in [0.15, 0.2) is 0 Å². The Morgan fingerprint density at radius 3 is 2.38 bits per heavy atom. The van der Waals surface area contributed by atoms with Gasteiger partial charge < -0.3 is 4.90 Å². The molecule has 0 saturated carbocycles. The van der Waals surface area contributed by atoms with Crippen LogP contribution in [0.2, 0.25) is 0 Å². The van der Waals surface area contributed by atoms with Gasteiger partial charge in [-0.2, -0.15) is 0 Å². The van der Waals surface area contributed by atoms with E-state index in [-0.39, 0.29) is 12.2 Å². The van der Waals surface area contributed by atoms with E-state index >= 15 is 0 Å². The number of amides is 1. The van der Waals surface area contributed by atoms with Gasteiger partial charge in [0.1, 0.15) is 0 Å². The van der Waals surface area contributed by atoms with Crippen LogP contribution < -0.4 is 5.32 Å². The molecule has 3 nitrogen and oxygen atoms in total. The summed E-state index contributed by atoms with van der Waals surface area (Å²) in [5.74, 6) is 0.314. The summed E-state index contributed by atoms with van der Waals surface area (Å²) >= 11 is 0. The van der Waals surface area contributed by atoms with Crippen molar-refractivity contribution in [2.45, 2.75) is 78.0 Å². The van der Waals surface area contributed by atoms with Gasteiger partial charge in [-0.25, -0.2) is 0 Å². The second-order valence-electron chi connectivity index (χ2n) is 4.65. The summed E-state index contributed by atoms with van der Waals surface area (Å²) in [5.41, 5.74) is 0. The van der Waals surface area contributed by atoms with Gasteiger partial charge in [0.2, 0.25) is 5.91 Å². The van der Waals surface area contributed by atoms with Crippen molar-refractivity contribution in [2.24, 2.45) is 0 Å². The second kappa shape index (κ2) is 6.24. The van der Waals surface area contributed by atoms with Gasteiger partial charge in [-0.1, -0.05) is 34.1 Å². The molecule has 1 fully saturated rings. The Balaban J connectivity index is 2.77. The first-order chi connectivity index (χ1) is 7.69. The van der Waals surface area contributed by atoms with E-state index in [1.54, 1.807) is 0 Å². The summed E-state index contributed by atoms with van der Waals surface area (Å²) in [5, 5.41) is 3.44. The third-order valence-electron chi connectivity index (χ3n) is 3.56. The van der Waals surface area contributed by atoms with Gasteiger partial charge in [-0.15, -0.1) is 0 Å². The van der Waals surface area contributed by atoms with E-state index in [4.69, 9.17) is 0 Å². The van der Waals surface area contributed by atoms with Gasteiger partial charge in [0.25, 0.3) is 0 Å². The van der Waals surface area contributed by atoms with Crippen molar-refractivity contribution < 1.29 is 4.79 Å². The SMILES string of the molecule is CCCC(CC)N1C(=O)C(CC)NC1CC. The van der Waals surface area contributed by atoms with Crippen LogP contribution in [0, 0.1) is 0 Å². The number of carbonyl (C=O) groups is 1. The monoisotopic (exact) mass is 226 g/mol. The molecule has 1 heterocycles. The van der Waals surface area contributed by atoms with Crippen molar-refractivity contribution >= 4 is 5.91 Å². The molecule has 0 aromatic rings. The highest BCUT2D eigenvalue weighted by Gasteiger charge is 2.39. The third-order valence-corrected chi connectivity index (χ3v) is 3.56. The molecule has 1 saturated heterocycles. The molecule has 94 valence electrons. The smallest absolute Gasteiger partial charge is 0.241 e. The Morgan fingerprint density at radius 2 is 1.94 bits per heavy atom. The molecule has 0 radical (unpaired) electrons. The van der Waals surface area contributed by atoms with Crippen molar-refractivity contribution in [3.8, 4) is 0 Å². The summed E-state index contributed by atoms with van der Waals surface area (Å²) in [7, 11) is 0. The minimum absolute atomic E-state index is 0.0517. The van der Waals surface area contributed by atoms with Crippen LogP contribution in [0.3, 0.4) is 0 Å². The van der Waals surface area contributed by atoms with E-state index in [0.29, 0.717) is 11.9 Å². The first-order valence-electron chi connectivity index (χ1n) is 6.77. The van der Waals surface area contributed by atoms with Crippen LogP contribution in [0.4, 0.5) is 0 Å². The average Bonchev–Trinajstić information content (AvgIpc) is 2.62. The fraction of sp³-hybridized carbons (Fsp3) is 0.923. The van der Waals surface area contributed by atoms with Gasteiger partial charge in [-0.3, -0.25) is 10.1 Å². The lowest BCUT2D eigenvalue weighted by Crippen LogP contribution is -2.44. The van der Waals surface area contributed by atoms with Gasteiger partial charge >= 0.3 is 0 Å². The van der Waals surface area contributed by atoms with Crippen molar-refractivity contribution in [1.29, 1.82) is 0 Å². The maximum atomic E-state index is 12.2. The molecule has 1 rings (SSSR count). The zero-order valence-corrected chi connectivity index (χ0v) is 11.1. The van der Waals surface area contributed by atoms with E-state index in [1.807, 2.05) is 0 Å². The van der Waals surface area contributed by atoms with Crippen molar-refractivity contribution in [1.82, 2.24) is 10.2 Å². The summed E-state index contributed by atoms with van der Waals surface area (Å²) in [6.45, 7) is 8.59. The summed E-state index contributed by atoms with van der Waals surface area (Å²) in [4.78, 5) is 14.4. The van der Waals surface area contributed by atoms with Crippen LogP contribution in [-0.2, 0) is 4.79 Å². The minimum atomic E-state index is 0.0517.